The van der Waals surface area contributed by atoms with Crippen LogP contribution >= 0.6 is 11.3 Å². The van der Waals surface area contributed by atoms with Gasteiger partial charge < -0.3 is 5.73 Å². The van der Waals surface area contributed by atoms with Crippen molar-refractivity contribution in [3.63, 3.8) is 0 Å². The monoisotopic (exact) mass is 182 g/mol. The van der Waals surface area contributed by atoms with Crippen molar-refractivity contribution in [2.75, 3.05) is 0 Å². The van der Waals surface area contributed by atoms with E-state index in [1.54, 1.807) is 11.3 Å². The van der Waals surface area contributed by atoms with E-state index in [2.05, 4.69) is 10.4 Å². The molecule has 2 N–H and O–H groups in total. The van der Waals surface area contributed by atoms with Gasteiger partial charge in [-0.2, -0.15) is 0 Å². The van der Waals surface area contributed by atoms with Crippen LogP contribution in [0.5, 0.6) is 0 Å². The summed E-state index contributed by atoms with van der Waals surface area (Å²) in [6, 6.07) is 0. The second-order valence-corrected chi connectivity index (χ2v) is 4.25. The molecule has 0 bridgehead atoms. The molecule has 1 aromatic rings. The van der Waals surface area contributed by atoms with Crippen LogP contribution in [0.15, 0.2) is 5.38 Å². The maximum Gasteiger partial charge on any atom is 0.0959 e. The molecule has 1 aliphatic carbocycles. The van der Waals surface area contributed by atoms with Crippen LogP contribution in [0.25, 0.3) is 0 Å². The third-order valence-corrected chi connectivity index (χ3v) is 3.54. The van der Waals surface area contributed by atoms with Gasteiger partial charge in [-0.05, 0) is 12.8 Å². The Morgan fingerprint density at radius 1 is 1.50 bits per heavy atom. The van der Waals surface area contributed by atoms with Gasteiger partial charge in [-0.15, -0.1) is 11.3 Å². The summed E-state index contributed by atoms with van der Waals surface area (Å²) in [6.45, 7) is 0.587. The average Bonchev–Trinajstić information content (AvgIpc) is 2.75. The molecule has 0 amide bonds. The van der Waals surface area contributed by atoms with Crippen molar-refractivity contribution in [1.82, 2.24) is 4.98 Å². The summed E-state index contributed by atoms with van der Waals surface area (Å²) in [5.41, 5.74) is 6.56. The largest absolute Gasteiger partial charge is 0.325 e. The minimum Gasteiger partial charge on any atom is -0.325 e. The molecule has 0 saturated heterocycles. The van der Waals surface area contributed by atoms with E-state index in [1.165, 1.54) is 30.7 Å². The molecule has 0 aromatic carbocycles. The third-order valence-electron chi connectivity index (χ3n) is 2.48. The van der Waals surface area contributed by atoms with Crippen LogP contribution in [0.1, 0.15) is 42.3 Å². The van der Waals surface area contributed by atoms with E-state index < -0.39 is 0 Å². The number of nitrogens with two attached hydrogens (primary N) is 1. The van der Waals surface area contributed by atoms with E-state index in [-0.39, 0.29) is 0 Å². The van der Waals surface area contributed by atoms with Crippen LogP contribution in [-0.2, 0) is 6.54 Å². The molecule has 0 unspecified atom stereocenters. The lowest BCUT2D eigenvalue weighted by Crippen LogP contribution is -1.97. The summed E-state index contributed by atoms with van der Waals surface area (Å²) < 4.78 is 0. The minimum atomic E-state index is 0.587. The molecule has 2 rings (SSSR count). The summed E-state index contributed by atoms with van der Waals surface area (Å²) in [6.07, 6.45) is 5.42. The maximum absolute atomic E-state index is 5.51. The van der Waals surface area contributed by atoms with Gasteiger partial charge in [0.1, 0.15) is 0 Å². The summed E-state index contributed by atoms with van der Waals surface area (Å²) in [4.78, 5) is 4.50. The SMILES string of the molecule is NCc1csc(C2CCCC2)n1. The summed E-state index contributed by atoms with van der Waals surface area (Å²) in [5, 5.41) is 3.40. The van der Waals surface area contributed by atoms with Crippen LogP contribution in [-0.4, -0.2) is 4.98 Å². The highest BCUT2D eigenvalue weighted by Crippen LogP contribution is 2.35. The molecule has 66 valence electrons. The maximum atomic E-state index is 5.51. The second kappa shape index (κ2) is 3.54. The average molecular weight is 182 g/mol. The zero-order chi connectivity index (χ0) is 8.39. The molecule has 12 heavy (non-hydrogen) atoms. The Labute approximate surface area is 76.8 Å². The molecule has 1 aliphatic rings. The molecule has 1 heterocycles. The number of thiazole rings is 1. The molecule has 3 heteroatoms. The van der Waals surface area contributed by atoms with Crippen molar-refractivity contribution >= 4 is 11.3 Å². The highest BCUT2D eigenvalue weighted by molar-refractivity contribution is 7.09. The van der Waals surface area contributed by atoms with Crippen LogP contribution < -0.4 is 5.73 Å². The Hall–Kier alpha value is -0.410. The van der Waals surface area contributed by atoms with Crippen molar-refractivity contribution in [3.8, 4) is 0 Å². The van der Waals surface area contributed by atoms with Crippen LogP contribution in [0.2, 0.25) is 0 Å². The van der Waals surface area contributed by atoms with Crippen molar-refractivity contribution in [1.29, 1.82) is 0 Å². The number of hydrogen-bond acceptors (Lipinski definition) is 3. The predicted molar refractivity (Wildman–Crippen MR) is 51.2 cm³/mol. The van der Waals surface area contributed by atoms with Crippen molar-refractivity contribution < 1.29 is 0 Å². The Morgan fingerprint density at radius 2 is 2.25 bits per heavy atom. The topological polar surface area (TPSA) is 38.9 Å². The van der Waals surface area contributed by atoms with Gasteiger partial charge >= 0.3 is 0 Å². The Kier molecular flexibility index (Phi) is 2.42. The van der Waals surface area contributed by atoms with E-state index in [9.17, 15) is 0 Å². The molecule has 1 fully saturated rings. The van der Waals surface area contributed by atoms with Gasteiger partial charge in [0.15, 0.2) is 0 Å². The molecule has 1 aromatic heterocycles. The highest BCUT2D eigenvalue weighted by Gasteiger charge is 2.19. The fraction of sp³-hybridized carbons (Fsp3) is 0.667. The Balaban J connectivity index is 2.11. The zero-order valence-electron chi connectivity index (χ0n) is 7.12. The summed E-state index contributed by atoms with van der Waals surface area (Å²) in [5.74, 6) is 0.746. The number of rotatable bonds is 2. The van der Waals surface area contributed by atoms with Gasteiger partial charge in [0.2, 0.25) is 0 Å². The highest BCUT2D eigenvalue weighted by atomic mass is 32.1. The Bertz CT molecular complexity index is 251. The normalized spacial score (nSPS) is 18.8. The standard InChI is InChI=1S/C9H14N2S/c10-5-8-6-12-9(11-8)7-3-1-2-4-7/h6-7H,1-5,10H2. The first-order chi connectivity index (χ1) is 5.90. The summed E-state index contributed by atoms with van der Waals surface area (Å²) in [7, 11) is 0. The minimum absolute atomic E-state index is 0.587. The quantitative estimate of drug-likeness (QED) is 0.762. The first-order valence-corrected chi connectivity index (χ1v) is 5.42. The van der Waals surface area contributed by atoms with E-state index in [0.717, 1.165) is 11.6 Å². The first-order valence-electron chi connectivity index (χ1n) is 4.54. The van der Waals surface area contributed by atoms with E-state index in [1.807, 2.05) is 0 Å². The first kappa shape index (κ1) is 8.20. The van der Waals surface area contributed by atoms with E-state index >= 15 is 0 Å². The fourth-order valence-electron chi connectivity index (χ4n) is 1.78. The van der Waals surface area contributed by atoms with Crippen LogP contribution in [0.4, 0.5) is 0 Å². The van der Waals surface area contributed by atoms with E-state index in [0.29, 0.717) is 6.54 Å². The predicted octanol–water partition coefficient (Wildman–Crippen LogP) is 2.26. The smallest absolute Gasteiger partial charge is 0.0959 e. The van der Waals surface area contributed by atoms with Crippen LogP contribution in [0.3, 0.4) is 0 Å². The van der Waals surface area contributed by atoms with Gasteiger partial charge in [0.05, 0.1) is 10.7 Å². The van der Waals surface area contributed by atoms with E-state index in [4.69, 9.17) is 5.73 Å². The molecule has 2 nitrogen and oxygen atoms in total. The Morgan fingerprint density at radius 3 is 2.83 bits per heavy atom. The number of hydrogen-bond donors (Lipinski definition) is 1. The lowest BCUT2D eigenvalue weighted by Gasteiger charge is -2.02. The van der Waals surface area contributed by atoms with Gasteiger partial charge in [-0.25, -0.2) is 4.98 Å². The number of aromatic nitrogens is 1. The second-order valence-electron chi connectivity index (χ2n) is 3.36. The molecular weight excluding hydrogens is 168 g/mol. The number of nitrogens with zero attached hydrogens (tertiary/aromatic N) is 1. The lowest BCUT2D eigenvalue weighted by atomic mass is 10.1. The van der Waals surface area contributed by atoms with Gasteiger partial charge in [0, 0.05) is 17.8 Å². The summed E-state index contributed by atoms with van der Waals surface area (Å²) >= 11 is 1.78. The molecule has 0 radical (unpaired) electrons. The van der Waals surface area contributed by atoms with Gasteiger partial charge in [-0.3, -0.25) is 0 Å². The third kappa shape index (κ3) is 1.52. The molecule has 1 saturated carbocycles. The molecule has 0 aliphatic heterocycles. The van der Waals surface area contributed by atoms with Gasteiger partial charge in [-0.1, -0.05) is 12.8 Å². The van der Waals surface area contributed by atoms with Crippen molar-refractivity contribution in [2.24, 2.45) is 5.73 Å². The molecular formula is C9H14N2S. The van der Waals surface area contributed by atoms with Crippen molar-refractivity contribution in [2.45, 2.75) is 38.1 Å². The van der Waals surface area contributed by atoms with Crippen molar-refractivity contribution in [3.05, 3.63) is 16.1 Å². The van der Waals surface area contributed by atoms with Crippen LogP contribution in [0, 0.1) is 0 Å². The fourth-order valence-corrected chi connectivity index (χ4v) is 2.78. The van der Waals surface area contributed by atoms with Gasteiger partial charge in [0.25, 0.3) is 0 Å². The zero-order valence-corrected chi connectivity index (χ0v) is 7.94. The molecule has 0 atom stereocenters. The molecule has 0 spiro atoms. The lowest BCUT2D eigenvalue weighted by molar-refractivity contribution is 0.711.